The molecule has 0 amide bonds. The first kappa shape index (κ1) is 15.2. The van der Waals surface area contributed by atoms with Gasteiger partial charge in [-0.2, -0.15) is 0 Å². The van der Waals surface area contributed by atoms with E-state index in [-0.39, 0.29) is 10.7 Å². The Morgan fingerprint density at radius 1 is 1.32 bits per heavy atom. The van der Waals surface area contributed by atoms with Gasteiger partial charge in [0.1, 0.15) is 5.00 Å². The highest BCUT2D eigenvalue weighted by molar-refractivity contribution is 7.93. The molecule has 0 fully saturated rings. The monoisotopic (exact) mass is 336 g/mol. The summed E-state index contributed by atoms with van der Waals surface area (Å²) in [7, 11) is -3.66. The number of hydrogen-bond acceptors (Lipinski definition) is 5. The fourth-order valence-corrected chi connectivity index (χ4v) is 4.74. The fraction of sp³-hybridized carbons (Fsp3) is 0.333. The van der Waals surface area contributed by atoms with Gasteiger partial charge in [-0.25, -0.2) is 13.4 Å². The number of rotatable bonds is 4. The zero-order valence-corrected chi connectivity index (χ0v) is 13.8. The number of ketones is 1. The van der Waals surface area contributed by atoms with E-state index < -0.39 is 10.0 Å². The molecule has 1 aliphatic rings. The third-order valence-corrected chi connectivity index (χ3v) is 6.00. The smallest absolute Gasteiger partial charge is 0.262 e. The summed E-state index contributed by atoms with van der Waals surface area (Å²) in [5, 5.41) is 0.552. The lowest BCUT2D eigenvalue weighted by molar-refractivity contribution is 0.0972. The molecule has 3 rings (SSSR count). The van der Waals surface area contributed by atoms with Gasteiger partial charge in [-0.3, -0.25) is 9.52 Å². The van der Waals surface area contributed by atoms with Crippen LogP contribution in [0, 0.1) is 0 Å². The van der Waals surface area contributed by atoms with Gasteiger partial charge in [0, 0.05) is 12.0 Å². The third kappa shape index (κ3) is 2.78. The maximum absolute atomic E-state index is 12.5. The lowest BCUT2D eigenvalue weighted by atomic mass is 9.91. The van der Waals surface area contributed by atoms with Gasteiger partial charge in [0.25, 0.3) is 10.0 Å². The number of aromatic nitrogens is 1. The van der Waals surface area contributed by atoms with E-state index in [1.54, 1.807) is 17.6 Å². The first-order valence-corrected chi connectivity index (χ1v) is 9.49. The SMILES string of the molecule is CCc1ncsc1NS(=O)(=O)c1ccc2c(c1)CCCC2=O. The molecule has 1 heterocycles. The Bertz CT molecular complexity index is 825. The Balaban J connectivity index is 1.94. The zero-order chi connectivity index (χ0) is 15.7. The average Bonchev–Trinajstić information content (AvgIpc) is 2.93. The van der Waals surface area contributed by atoms with Crippen molar-refractivity contribution >= 4 is 32.1 Å². The summed E-state index contributed by atoms with van der Waals surface area (Å²) >= 11 is 1.27. The number of sulfonamides is 1. The van der Waals surface area contributed by atoms with Gasteiger partial charge in [0.05, 0.1) is 16.1 Å². The van der Waals surface area contributed by atoms with Crippen molar-refractivity contribution in [1.29, 1.82) is 0 Å². The van der Waals surface area contributed by atoms with E-state index in [1.165, 1.54) is 17.4 Å². The molecule has 0 saturated carbocycles. The molecule has 0 spiro atoms. The number of hydrogen-bond donors (Lipinski definition) is 1. The summed E-state index contributed by atoms with van der Waals surface area (Å²) in [5.74, 6) is 0.0916. The molecule has 22 heavy (non-hydrogen) atoms. The second-order valence-corrected chi connectivity index (χ2v) is 7.72. The summed E-state index contributed by atoms with van der Waals surface area (Å²) in [4.78, 5) is 16.1. The van der Waals surface area contributed by atoms with Crippen LogP contribution < -0.4 is 4.72 Å². The predicted molar refractivity (Wildman–Crippen MR) is 86.0 cm³/mol. The van der Waals surface area contributed by atoms with E-state index >= 15 is 0 Å². The lowest BCUT2D eigenvalue weighted by Crippen LogP contribution is -2.16. The maximum atomic E-state index is 12.5. The molecule has 7 heteroatoms. The number of fused-ring (bicyclic) bond motifs is 1. The van der Waals surface area contributed by atoms with E-state index in [1.807, 2.05) is 6.92 Å². The summed E-state index contributed by atoms with van der Waals surface area (Å²) in [6.45, 7) is 1.93. The number of aryl methyl sites for hydroxylation is 2. The quantitative estimate of drug-likeness (QED) is 0.931. The highest BCUT2D eigenvalue weighted by Gasteiger charge is 2.22. The van der Waals surface area contributed by atoms with Crippen LogP contribution in [0.4, 0.5) is 5.00 Å². The first-order valence-electron chi connectivity index (χ1n) is 7.12. The molecule has 1 aromatic heterocycles. The molecule has 0 bridgehead atoms. The topological polar surface area (TPSA) is 76.1 Å². The number of thiazole rings is 1. The van der Waals surface area contributed by atoms with Crippen LogP contribution in [0.15, 0.2) is 28.6 Å². The molecule has 0 unspecified atom stereocenters. The summed E-state index contributed by atoms with van der Waals surface area (Å²) in [5.41, 5.74) is 3.83. The third-order valence-electron chi connectivity index (χ3n) is 3.74. The van der Waals surface area contributed by atoms with Crippen molar-refractivity contribution in [3.63, 3.8) is 0 Å². The number of anilines is 1. The molecular formula is C15H16N2O3S2. The Labute approximate surface area is 133 Å². The lowest BCUT2D eigenvalue weighted by Gasteiger charge is -2.16. The van der Waals surface area contributed by atoms with Gasteiger partial charge in [-0.15, -0.1) is 11.3 Å². The Morgan fingerprint density at radius 2 is 2.14 bits per heavy atom. The minimum atomic E-state index is -3.66. The van der Waals surface area contributed by atoms with Gasteiger partial charge in [0.15, 0.2) is 5.78 Å². The highest BCUT2D eigenvalue weighted by Crippen LogP contribution is 2.27. The van der Waals surface area contributed by atoms with Crippen molar-refractivity contribution in [2.75, 3.05) is 4.72 Å². The highest BCUT2D eigenvalue weighted by atomic mass is 32.2. The van der Waals surface area contributed by atoms with Crippen molar-refractivity contribution in [3.05, 3.63) is 40.5 Å². The molecule has 0 saturated heterocycles. The van der Waals surface area contributed by atoms with Crippen LogP contribution in [0.5, 0.6) is 0 Å². The van der Waals surface area contributed by atoms with Crippen LogP contribution in [0.1, 0.15) is 41.4 Å². The van der Waals surface area contributed by atoms with Gasteiger partial charge in [0.2, 0.25) is 0 Å². The molecule has 0 radical (unpaired) electrons. The van der Waals surface area contributed by atoms with E-state index in [0.29, 0.717) is 23.4 Å². The van der Waals surface area contributed by atoms with Crippen molar-refractivity contribution in [3.8, 4) is 0 Å². The second kappa shape index (κ2) is 5.81. The van der Waals surface area contributed by atoms with Crippen LogP contribution >= 0.6 is 11.3 Å². The predicted octanol–water partition coefficient (Wildman–Crippen LogP) is 3.03. The van der Waals surface area contributed by atoms with Gasteiger partial charge in [-0.1, -0.05) is 6.92 Å². The normalized spacial score (nSPS) is 14.7. The van der Waals surface area contributed by atoms with Crippen molar-refractivity contribution in [1.82, 2.24) is 4.98 Å². The number of carbonyl (C=O) groups is 1. The molecule has 0 atom stereocenters. The molecule has 0 aliphatic heterocycles. The Hall–Kier alpha value is -1.73. The van der Waals surface area contributed by atoms with Crippen LogP contribution in [0.25, 0.3) is 0 Å². The van der Waals surface area contributed by atoms with E-state index in [2.05, 4.69) is 9.71 Å². The molecule has 5 nitrogen and oxygen atoms in total. The molecule has 1 N–H and O–H groups in total. The van der Waals surface area contributed by atoms with Crippen molar-refractivity contribution in [2.24, 2.45) is 0 Å². The summed E-state index contributed by atoms with van der Waals surface area (Å²) in [6, 6.07) is 4.73. The minimum Gasteiger partial charge on any atom is -0.294 e. The molecule has 1 aliphatic carbocycles. The number of benzene rings is 1. The first-order chi connectivity index (χ1) is 10.5. The van der Waals surface area contributed by atoms with E-state index in [4.69, 9.17) is 0 Å². The molecule has 116 valence electrons. The van der Waals surface area contributed by atoms with Crippen LogP contribution in [-0.2, 0) is 22.9 Å². The van der Waals surface area contributed by atoms with E-state index in [0.717, 1.165) is 24.1 Å². The average molecular weight is 336 g/mol. The van der Waals surface area contributed by atoms with Crippen molar-refractivity contribution in [2.45, 2.75) is 37.5 Å². The Kier molecular flexibility index (Phi) is 4.01. The van der Waals surface area contributed by atoms with Crippen LogP contribution in [-0.4, -0.2) is 19.2 Å². The van der Waals surface area contributed by atoms with Crippen molar-refractivity contribution < 1.29 is 13.2 Å². The van der Waals surface area contributed by atoms with Gasteiger partial charge < -0.3 is 0 Å². The Morgan fingerprint density at radius 3 is 2.91 bits per heavy atom. The second-order valence-electron chi connectivity index (χ2n) is 5.18. The summed E-state index contributed by atoms with van der Waals surface area (Å²) < 4.78 is 27.6. The summed E-state index contributed by atoms with van der Waals surface area (Å²) in [6.07, 6.45) is 2.72. The zero-order valence-electron chi connectivity index (χ0n) is 12.1. The van der Waals surface area contributed by atoms with E-state index in [9.17, 15) is 13.2 Å². The number of nitrogens with one attached hydrogen (secondary N) is 1. The molecule has 1 aromatic carbocycles. The maximum Gasteiger partial charge on any atom is 0.262 e. The van der Waals surface area contributed by atoms with Crippen LogP contribution in [0.3, 0.4) is 0 Å². The largest absolute Gasteiger partial charge is 0.294 e. The number of carbonyl (C=O) groups excluding carboxylic acids is 1. The molecule has 2 aromatic rings. The van der Waals surface area contributed by atoms with Gasteiger partial charge in [-0.05, 0) is 43.0 Å². The number of Topliss-reactive ketones (excluding diaryl/α,β-unsaturated/α-hetero) is 1. The standard InChI is InChI=1S/C15H16N2O3S2/c1-2-13-15(21-9-16-13)17-22(19,20)11-6-7-12-10(8-11)4-3-5-14(12)18/h6-9,17H,2-5H2,1H3. The van der Waals surface area contributed by atoms with Crippen LogP contribution in [0.2, 0.25) is 0 Å². The number of nitrogens with zero attached hydrogens (tertiary/aromatic N) is 1. The molecular weight excluding hydrogens is 320 g/mol. The van der Waals surface area contributed by atoms with Gasteiger partial charge >= 0.3 is 0 Å². The minimum absolute atomic E-state index is 0.0916. The fourth-order valence-electron chi connectivity index (χ4n) is 2.58.